The van der Waals surface area contributed by atoms with Crippen LogP contribution in [0.1, 0.15) is 30.6 Å². The molecule has 1 amide bonds. The summed E-state index contributed by atoms with van der Waals surface area (Å²) < 4.78 is 1.72. The summed E-state index contributed by atoms with van der Waals surface area (Å²) in [5.74, 6) is -0.0487. The number of benzene rings is 1. The third-order valence-electron chi connectivity index (χ3n) is 3.93. The first kappa shape index (κ1) is 16.0. The Balaban J connectivity index is 1.83. The molecule has 23 heavy (non-hydrogen) atoms. The van der Waals surface area contributed by atoms with E-state index in [0.717, 1.165) is 17.7 Å². The minimum atomic E-state index is -0.307. The van der Waals surface area contributed by atoms with Crippen molar-refractivity contribution in [1.29, 1.82) is 0 Å². The van der Waals surface area contributed by atoms with Gasteiger partial charge in [0.05, 0.1) is 11.7 Å². The molecule has 1 aliphatic rings. The van der Waals surface area contributed by atoms with Gasteiger partial charge in [0.1, 0.15) is 6.04 Å². The first-order valence-electron chi connectivity index (χ1n) is 7.59. The number of carbonyl (C=O) groups excluding carboxylic acids is 1. The molecule has 3 atom stereocenters. The molecule has 3 unspecified atom stereocenters. The Labute approximate surface area is 140 Å². The summed E-state index contributed by atoms with van der Waals surface area (Å²) in [6, 6.07) is 9.07. The van der Waals surface area contributed by atoms with Crippen molar-refractivity contribution in [3.63, 3.8) is 0 Å². The summed E-state index contributed by atoms with van der Waals surface area (Å²) >= 11 is 5.97. The van der Waals surface area contributed by atoms with Crippen LogP contribution in [-0.4, -0.2) is 27.8 Å². The maximum absolute atomic E-state index is 12.5. The van der Waals surface area contributed by atoms with Gasteiger partial charge in [-0.05, 0) is 37.1 Å². The number of amides is 1. The number of nitrogens with one attached hydrogen (secondary N) is 3. The number of hydrogen-bond donors (Lipinski definition) is 3. The van der Waals surface area contributed by atoms with Crippen molar-refractivity contribution in [2.75, 3.05) is 0 Å². The van der Waals surface area contributed by atoms with Crippen LogP contribution in [0.5, 0.6) is 0 Å². The zero-order valence-electron chi connectivity index (χ0n) is 13.1. The minimum absolute atomic E-state index is 0.0487. The predicted molar refractivity (Wildman–Crippen MR) is 88.8 cm³/mol. The fraction of sp³-hybridized carbons (Fsp3) is 0.375. The summed E-state index contributed by atoms with van der Waals surface area (Å²) in [6.07, 6.45) is 2.61. The highest BCUT2D eigenvalue weighted by Crippen LogP contribution is 2.23. The zero-order valence-corrected chi connectivity index (χ0v) is 13.8. The van der Waals surface area contributed by atoms with Crippen LogP contribution in [0.4, 0.5) is 0 Å². The lowest BCUT2D eigenvalue weighted by atomic mass is 10.0. The Kier molecular flexibility index (Phi) is 4.66. The average molecular weight is 334 g/mol. The molecule has 0 radical (unpaired) electrons. The van der Waals surface area contributed by atoms with E-state index in [1.54, 1.807) is 4.68 Å². The SMILES string of the molecule is CC1CC(C(=O)NC(c2ccc(Cl)cc2)c2ccn(C)n2)NN1. The van der Waals surface area contributed by atoms with Gasteiger partial charge in [-0.1, -0.05) is 23.7 Å². The molecule has 0 spiro atoms. The molecule has 1 aromatic carbocycles. The second-order valence-corrected chi connectivity index (χ2v) is 6.32. The fourth-order valence-electron chi connectivity index (χ4n) is 2.70. The van der Waals surface area contributed by atoms with Gasteiger partial charge in [-0.2, -0.15) is 5.10 Å². The largest absolute Gasteiger partial charge is 0.342 e. The summed E-state index contributed by atoms with van der Waals surface area (Å²) in [6.45, 7) is 2.04. The molecule has 1 saturated heterocycles. The first-order chi connectivity index (χ1) is 11.0. The zero-order chi connectivity index (χ0) is 16.4. The Morgan fingerprint density at radius 1 is 1.35 bits per heavy atom. The lowest BCUT2D eigenvalue weighted by Crippen LogP contribution is -2.44. The number of hydrogen-bond acceptors (Lipinski definition) is 4. The molecule has 7 heteroatoms. The molecular weight excluding hydrogens is 314 g/mol. The van der Waals surface area contributed by atoms with Crippen molar-refractivity contribution >= 4 is 17.5 Å². The third kappa shape index (κ3) is 3.72. The molecule has 3 N–H and O–H groups in total. The van der Waals surface area contributed by atoms with Gasteiger partial charge in [0.25, 0.3) is 0 Å². The van der Waals surface area contributed by atoms with Gasteiger partial charge < -0.3 is 5.32 Å². The van der Waals surface area contributed by atoms with Crippen molar-refractivity contribution in [2.24, 2.45) is 7.05 Å². The summed E-state index contributed by atoms with van der Waals surface area (Å²) in [7, 11) is 1.86. The quantitative estimate of drug-likeness (QED) is 0.793. The number of halogens is 1. The molecule has 3 rings (SSSR count). The molecule has 1 fully saturated rings. The highest BCUT2D eigenvalue weighted by molar-refractivity contribution is 6.30. The molecule has 122 valence electrons. The fourth-order valence-corrected chi connectivity index (χ4v) is 2.83. The van der Waals surface area contributed by atoms with Crippen LogP contribution in [0.3, 0.4) is 0 Å². The number of aromatic nitrogens is 2. The van der Waals surface area contributed by atoms with Crippen LogP contribution >= 0.6 is 11.6 Å². The maximum atomic E-state index is 12.5. The number of aryl methyl sites for hydroxylation is 1. The van der Waals surface area contributed by atoms with E-state index in [2.05, 4.69) is 21.3 Å². The van der Waals surface area contributed by atoms with E-state index in [4.69, 9.17) is 11.6 Å². The van der Waals surface area contributed by atoms with Crippen LogP contribution in [0.2, 0.25) is 5.02 Å². The van der Waals surface area contributed by atoms with E-state index >= 15 is 0 Å². The van der Waals surface area contributed by atoms with Gasteiger partial charge in [-0.15, -0.1) is 0 Å². The number of nitrogens with zero attached hydrogens (tertiary/aromatic N) is 2. The monoisotopic (exact) mass is 333 g/mol. The average Bonchev–Trinajstić information content (AvgIpc) is 3.14. The van der Waals surface area contributed by atoms with Gasteiger partial charge in [0.15, 0.2) is 0 Å². The summed E-state index contributed by atoms with van der Waals surface area (Å²) in [5, 5.41) is 8.18. The molecule has 2 heterocycles. The van der Waals surface area contributed by atoms with E-state index < -0.39 is 0 Å². The van der Waals surface area contributed by atoms with Crippen LogP contribution in [-0.2, 0) is 11.8 Å². The first-order valence-corrected chi connectivity index (χ1v) is 7.97. The Morgan fingerprint density at radius 2 is 2.09 bits per heavy atom. The minimum Gasteiger partial charge on any atom is -0.342 e. The lowest BCUT2D eigenvalue weighted by Gasteiger charge is -2.20. The van der Waals surface area contributed by atoms with Crippen LogP contribution in [0.15, 0.2) is 36.5 Å². The van der Waals surface area contributed by atoms with Gasteiger partial charge in [0, 0.05) is 24.3 Å². The van der Waals surface area contributed by atoms with Crippen LogP contribution in [0, 0.1) is 0 Å². The molecule has 0 saturated carbocycles. The number of rotatable bonds is 4. The van der Waals surface area contributed by atoms with E-state index in [1.165, 1.54) is 0 Å². The second-order valence-electron chi connectivity index (χ2n) is 5.89. The molecular formula is C16H20ClN5O. The normalized spacial score (nSPS) is 22.0. The van der Waals surface area contributed by atoms with Crippen molar-refractivity contribution < 1.29 is 4.79 Å². The molecule has 2 aromatic rings. The topological polar surface area (TPSA) is 71.0 Å². The highest BCUT2D eigenvalue weighted by Gasteiger charge is 2.29. The van der Waals surface area contributed by atoms with Crippen molar-refractivity contribution in [3.8, 4) is 0 Å². The van der Waals surface area contributed by atoms with E-state index in [1.807, 2.05) is 50.5 Å². The van der Waals surface area contributed by atoms with Crippen LogP contribution in [0.25, 0.3) is 0 Å². The second kappa shape index (κ2) is 6.70. The van der Waals surface area contributed by atoms with Gasteiger partial charge in [-0.3, -0.25) is 14.9 Å². The predicted octanol–water partition coefficient (Wildman–Crippen LogP) is 1.53. The van der Waals surface area contributed by atoms with E-state index in [-0.39, 0.29) is 24.0 Å². The number of carbonyl (C=O) groups is 1. The van der Waals surface area contributed by atoms with Crippen molar-refractivity contribution in [1.82, 2.24) is 25.9 Å². The Hall–Kier alpha value is -1.89. The summed E-state index contributed by atoms with van der Waals surface area (Å²) in [5.41, 5.74) is 7.83. The van der Waals surface area contributed by atoms with E-state index in [0.29, 0.717) is 5.02 Å². The molecule has 0 bridgehead atoms. The standard InChI is InChI=1S/C16H20ClN5O/c1-10-9-14(20-19-10)16(23)18-15(13-7-8-22(2)21-13)11-3-5-12(17)6-4-11/h3-8,10,14-15,19-20H,9H2,1-2H3,(H,18,23). The van der Waals surface area contributed by atoms with Gasteiger partial charge in [-0.25, -0.2) is 5.43 Å². The third-order valence-corrected chi connectivity index (χ3v) is 4.18. The highest BCUT2D eigenvalue weighted by atomic mass is 35.5. The molecule has 0 aliphatic carbocycles. The van der Waals surface area contributed by atoms with E-state index in [9.17, 15) is 4.79 Å². The van der Waals surface area contributed by atoms with Gasteiger partial charge in [0.2, 0.25) is 5.91 Å². The smallest absolute Gasteiger partial charge is 0.239 e. The van der Waals surface area contributed by atoms with Gasteiger partial charge >= 0.3 is 0 Å². The summed E-state index contributed by atoms with van der Waals surface area (Å²) in [4.78, 5) is 12.5. The Morgan fingerprint density at radius 3 is 2.65 bits per heavy atom. The molecule has 1 aromatic heterocycles. The van der Waals surface area contributed by atoms with Crippen molar-refractivity contribution in [2.45, 2.75) is 31.5 Å². The lowest BCUT2D eigenvalue weighted by molar-refractivity contribution is -0.123. The molecule has 6 nitrogen and oxygen atoms in total. The van der Waals surface area contributed by atoms with Crippen molar-refractivity contribution in [3.05, 3.63) is 52.8 Å². The Bertz CT molecular complexity index is 684. The maximum Gasteiger partial charge on any atom is 0.239 e. The molecule has 1 aliphatic heterocycles. The number of hydrazine groups is 1. The van der Waals surface area contributed by atoms with Crippen LogP contribution < -0.4 is 16.2 Å².